The van der Waals surface area contributed by atoms with E-state index in [-0.39, 0.29) is 30.6 Å². The lowest BCUT2D eigenvalue weighted by Crippen LogP contribution is -2.40. The van der Waals surface area contributed by atoms with Gasteiger partial charge in [-0.15, -0.1) is 11.3 Å². The molecule has 0 amide bonds. The summed E-state index contributed by atoms with van der Waals surface area (Å²) < 4.78 is 59.6. The molecule has 0 saturated carbocycles. The summed E-state index contributed by atoms with van der Waals surface area (Å²) >= 11 is 1.59. The monoisotopic (exact) mass is 451 g/mol. The Hall–Kier alpha value is -2.36. The molecule has 1 aliphatic heterocycles. The summed E-state index contributed by atoms with van der Waals surface area (Å²) in [7, 11) is -3.95. The second-order valence-corrected chi connectivity index (χ2v) is 9.97. The average molecular weight is 452 g/mol. The minimum Gasteiger partial charge on any atom is -0.461 e. The summed E-state index contributed by atoms with van der Waals surface area (Å²) in [6, 6.07) is 10.4. The predicted octanol–water partition coefficient (Wildman–Crippen LogP) is 4.32. The Morgan fingerprint density at radius 3 is 2.57 bits per heavy atom. The summed E-state index contributed by atoms with van der Waals surface area (Å²) in [6.07, 6.45) is 0.623. The van der Waals surface area contributed by atoms with E-state index in [0.717, 1.165) is 27.8 Å². The van der Waals surface area contributed by atoms with Gasteiger partial charge in [-0.05, 0) is 47.9 Å². The van der Waals surface area contributed by atoms with E-state index in [1.54, 1.807) is 11.3 Å². The number of thiophene rings is 1. The Labute approximate surface area is 176 Å². The quantitative estimate of drug-likeness (QED) is 0.542. The molecule has 0 bridgehead atoms. The molecule has 4 rings (SSSR count). The number of fused-ring (bicyclic) bond motifs is 1. The van der Waals surface area contributed by atoms with Crippen LogP contribution in [0.3, 0.4) is 0 Å². The Kier molecular flexibility index (Phi) is 5.86. The third-order valence-electron chi connectivity index (χ3n) is 5.25. The van der Waals surface area contributed by atoms with Gasteiger partial charge in [0.2, 0.25) is 10.0 Å². The fourth-order valence-electron chi connectivity index (χ4n) is 3.53. The first-order chi connectivity index (χ1) is 14.4. The van der Waals surface area contributed by atoms with Gasteiger partial charge in [-0.1, -0.05) is 18.2 Å². The lowest BCUT2D eigenvalue weighted by Gasteiger charge is -2.30. The number of hydrogen-bond donors (Lipinski definition) is 0. The van der Waals surface area contributed by atoms with Crippen LogP contribution in [0.2, 0.25) is 0 Å². The Bertz CT molecular complexity index is 1180. The van der Waals surface area contributed by atoms with Crippen LogP contribution >= 0.6 is 11.3 Å². The molecule has 3 aromatic rings. The first-order valence-electron chi connectivity index (χ1n) is 9.43. The van der Waals surface area contributed by atoms with Crippen molar-refractivity contribution in [1.82, 2.24) is 4.31 Å². The number of benzene rings is 2. The van der Waals surface area contributed by atoms with Gasteiger partial charge in [0.25, 0.3) is 0 Å². The number of carbonyl (C=O) groups is 1. The fourth-order valence-corrected chi connectivity index (χ4v) is 5.96. The van der Waals surface area contributed by atoms with Crippen molar-refractivity contribution in [3.8, 4) is 0 Å². The van der Waals surface area contributed by atoms with E-state index in [9.17, 15) is 22.0 Å². The van der Waals surface area contributed by atoms with Crippen LogP contribution in [0.15, 0.2) is 52.7 Å². The molecule has 0 spiro atoms. The van der Waals surface area contributed by atoms with Crippen molar-refractivity contribution < 1.29 is 26.7 Å². The van der Waals surface area contributed by atoms with Gasteiger partial charge in [-0.2, -0.15) is 4.31 Å². The van der Waals surface area contributed by atoms with Crippen molar-refractivity contribution in [2.45, 2.75) is 24.3 Å². The Morgan fingerprint density at radius 1 is 1.10 bits per heavy atom. The van der Waals surface area contributed by atoms with Crippen molar-refractivity contribution in [2.24, 2.45) is 5.92 Å². The maximum atomic E-state index is 13.4. The number of esters is 1. The van der Waals surface area contributed by atoms with Gasteiger partial charge in [0.05, 0.1) is 10.8 Å². The highest BCUT2D eigenvalue weighted by Gasteiger charge is 2.33. The van der Waals surface area contributed by atoms with E-state index >= 15 is 0 Å². The van der Waals surface area contributed by atoms with E-state index in [1.165, 1.54) is 4.31 Å². The van der Waals surface area contributed by atoms with Crippen molar-refractivity contribution in [3.05, 3.63) is 65.0 Å². The van der Waals surface area contributed by atoms with Crippen LogP contribution in [0.5, 0.6) is 0 Å². The standard InChI is InChI=1S/C21H19F2NO4S2/c22-18-6-5-16(11-19(18)23)30(26,27)24-9-7-14(8-10-24)21(25)28-12-15-13-29-20-4-2-1-3-17(15)20/h1-6,11,13-14H,7-10,12H2. The van der Waals surface area contributed by atoms with Crippen LogP contribution < -0.4 is 0 Å². The van der Waals surface area contributed by atoms with Gasteiger partial charge < -0.3 is 4.74 Å². The first kappa shape index (κ1) is 20.9. The molecule has 0 atom stereocenters. The van der Waals surface area contributed by atoms with Crippen molar-refractivity contribution in [1.29, 1.82) is 0 Å². The number of halogens is 2. The predicted molar refractivity (Wildman–Crippen MR) is 109 cm³/mol. The number of rotatable bonds is 5. The number of ether oxygens (including phenoxy) is 1. The minimum atomic E-state index is -3.95. The maximum absolute atomic E-state index is 13.4. The number of sulfonamides is 1. The molecular weight excluding hydrogens is 432 g/mol. The van der Waals surface area contributed by atoms with Crippen molar-refractivity contribution >= 4 is 37.4 Å². The maximum Gasteiger partial charge on any atom is 0.309 e. The van der Waals surface area contributed by atoms with Gasteiger partial charge in [0.1, 0.15) is 6.61 Å². The SMILES string of the molecule is O=C(OCc1csc2ccccc12)C1CCN(S(=O)(=O)c2ccc(F)c(F)c2)CC1. The van der Waals surface area contributed by atoms with Crippen LogP contribution in [-0.2, 0) is 26.2 Å². The zero-order chi connectivity index (χ0) is 21.3. The Morgan fingerprint density at radius 2 is 1.83 bits per heavy atom. The molecule has 5 nitrogen and oxygen atoms in total. The zero-order valence-corrected chi connectivity index (χ0v) is 17.5. The van der Waals surface area contributed by atoms with E-state index in [1.807, 2.05) is 29.6 Å². The number of carbonyl (C=O) groups excluding carboxylic acids is 1. The van der Waals surface area contributed by atoms with Gasteiger partial charge in [0, 0.05) is 23.4 Å². The average Bonchev–Trinajstić information content (AvgIpc) is 3.17. The summed E-state index contributed by atoms with van der Waals surface area (Å²) in [5, 5.41) is 3.03. The first-order valence-corrected chi connectivity index (χ1v) is 11.7. The molecule has 158 valence electrons. The molecule has 0 N–H and O–H groups in total. The second kappa shape index (κ2) is 8.41. The smallest absolute Gasteiger partial charge is 0.309 e. The van der Waals surface area contributed by atoms with Gasteiger partial charge >= 0.3 is 5.97 Å². The number of hydrogen-bond acceptors (Lipinski definition) is 5. The molecule has 9 heteroatoms. The Balaban J connectivity index is 1.35. The highest BCUT2D eigenvalue weighted by Crippen LogP contribution is 2.28. The summed E-state index contributed by atoms with van der Waals surface area (Å²) in [5.41, 5.74) is 0.947. The molecule has 0 unspecified atom stereocenters. The molecule has 0 radical (unpaired) electrons. The second-order valence-electron chi connectivity index (χ2n) is 7.12. The molecule has 0 aliphatic carbocycles. The van der Waals surface area contributed by atoms with Gasteiger partial charge in [0.15, 0.2) is 11.6 Å². The molecule has 30 heavy (non-hydrogen) atoms. The molecule has 1 aliphatic rings. The van der Waals surface area contributed by atoms with Gasteiger partial charge in [-0.25, -0.2) is 17.2 Å². The lowest BCUT2D eigenvalue weighted by atomic mass is 9.98. The van der Waals surface area contributed by atoms with Crippen molar-refractivity contribution in [3.63, 3.8) is 0 Å². The topological polar surface area (TPSA) is 63.7 Å². The highest BCUT2D eigenvalue weighted by molar-refractivity contribution is 7.89. The fraction of sp³-hybridized carbons (Fsp3) is 0.286. The lowest BCUT2D eigenvalue weighted by molar-refractivity contribution is -0.151. The van der Waals surface area contributed by atoms with E-state index in [0.29, 0.717) is 18.9 Å². The molecule has 1 aromatic heterocycles. The van der Waals surface area contributed by atoms with Crippen LogP contribution in [0.4, 0.5) is 8.78 Å². The number of nitrogens with zero attached hydrogens (tertiary/aromatic N) is 1. The zero-order valence-electron chi connectivity index (χ0n) is 15.9. The number of piperidine rings is 1. The normalized spacial score (nSPS) is 16.1. The summed E-state index contributed by atoms with van der Waals surface area (Å²) in [4.78, 5) is 12.2. The van der Waals surface area contributed by atoms with E-state index in [4.69, 9.17) is 4.74 Å². The van der Waals surface area contributed by atoms with Gasteiger partial charge in [-0.3, -0.25) is 4.79 Å². The third kappa shape index (κ3) is 4.10. The van der Waals surface area contributed by atoms with E-state index in [2.05, 4.69) is 0 Å². The van der Waals surface area contributed by atoms with Crippen LogP contribution in [0.25, 0.3) is 10.1 Å². The molecule has 2 aromatic carbocycles. The third-order valence-corrected chi connectivity index (χ3v) is 8.15. The summed E-state index contributed by atoms with van der Waals surface area (Å²) in [6.45, 7) is 0.404. The molecule has 1 fully saturated rings. The van der Waals surface area contributed by atoms with Crippen molar-refractivity contribution in [2.75, 3.05) is 13.1 Å². The molecule has 2 heterocycles. The van der Waals surface area contributed by atoms with E-state index < -0.39 is 27.6 Å². The van der Waals surface area contributed by atoms with Crippen LogP contribution in [0.1, 0.15) is 18.4 Å². The molecular formula is C21H19F2NO4S2. The highest BCUT2D eigenvalue weighted by atomic mass is 32.2. The van der Waals surface area contributed by atoms with Crippen LogP contribution in [-0.4, -0.2) is 31.8 Å². The minimum absolute atomic E-state index is 0.114. The van der Waals surface area contributed by atoms with Crippen LogP contribution in [0, 0.1) is 17.6 Å². The largest absolute Gasteiger partial charge is 0.461 e. The molecule has 1 saturated heterocycles. The summed E-state index contributed by atoms with van der Waals surface area (Å²) in [5.74, 6) is -3.06.